The molecule has 26 heavy (non-hydrogen) atoms. The van der Waals surface area contributed by atoms with Gasteiger partial charge in [0.15, 0.2) is 18.1 Å². The minimum atomic E-state index is -0.227. The number of hydrogen-bond acceptors (Lipinski definition) is 4. The van der Waals surface area contributed by atoms with Crippen LogP contribution >= 0.6 is 11.6 Å². The standard InChI is InChI=1S/C20H24ClNO4/c1-13(2)15-7-5-6-8-17(15)26-12-20(23)22-11-14-9-18(24-3)19(25-4)10-16(14)21/h5-10,13H,11-12H2,1-4H3,(H,22,23). The Hall–Kier alpha value is -2.40. The van der Waals surface area contributed by atoms with Crippen molar-refractivity contribution in [3.8, 4) is 17.2 Å². The highest BCUT2D eigenvalue weighted by Gasteiger charge is 2.12. The van der Waals surface area contributed by atoms with Crippen molar-refractivity contribution in [2.45, 2.75) is 26.3 Å². The Kier molecular flexibility index (Phi) is 7.16. The van der Waals surface area contributed by atoms with Crippen LogP contribution in [0.4, 0.5) is 0 Å². The van der Waals surface area contributed by atoms with Gasteiger partial charge < -0.3 is 19.5 Å². The van der Waals surface area contributed by atoms with Crippen molar-refractivity contribution >= 4 is 17.5 Å². The van der Waals surface area contributed by atoms with Crippen molar-refractivity contribution in [1.29, 1.82) is 0 Å². The first-order valence-electron chi connectivity index (χ1n) is 8.35. The fraction of sp³-hybridized carbons (Fsp3) is 0.350. The van der Waals surface area contributed by atoms with Gasteiger partial charge in [0.1, 0.15) is 5.75 Å². The maximum absolute atomic E-state index is 12.1. The van der Waals surface area contributed by atoms with Crippen molar-refractivity contribution in [2.75, 3.05) is 20.8 Å². The highest BCUT2D eigenvalue weighted by Crippen LogP contribution is 2.33. The van der Waals surface area contributed by atoms with Gasteiger partial charge in [0.25, 0.3) is 5.91 Å². The third kappa shape index (κ3) is 5.05. The van der Waals surface area contributed by atoms with Crippen LogP contribution in [-0.2, 0) is 11.3 Å². The summed E-state index contributed by atoms with van der Waals surface area (Å²) in [5, 5.41) is 3.30. The van der Waals surface area contributed by atoms with Crippen LogP contribution in [0, 0.1) is 0 Å². The molecule has 6 heteroatoms. The fourth-order valence-corrected chi connectivity index (χ4v) is 2.73. The molecule has 0 atom stereocenters. The second-order valence-corrected chi connectivity index (χ2v) is 6.46. The van der Waals surface area contributed by atoms with E-state index in [1.807, 2.05) is 24.3 Å². The molecule has 0 bridgehead atoms. The van der Waals surface area contributed by atoms with Gasteiger partial charge in [-0.05, 0) is 29.2 Å². The smallest absolute Gasteiger partial charge is 0.258 e. The number of methoxy groups -OCH3 is 2. The second kappa shape index (κ2) is 9.34. The van der Waals surface area contributed by atoms with E-state index in [1.54, 1.807) is 26.4 Å². The molecule has 0 aliphatic carbocycles. The van der Waals surface area contributed by atoms with E-state index in [0.717, 1.165) is 16.9 Å². The number of carbonyl (C=O) groups excluding carboxylic acids is 1. The third-order valence-electron chi connectivity index (χ3n) is 3.93. The maximum Gasteiger partial charge on any atom is 0.258 e. The summed E-state index contributed by atoms with van der Waals surface area (Å²) in [5.41, 5.74) is 1.81. The molecule has 0 saturated carbocycles. The molecule has 1 amide bonds. The molecule has 2 rings (SSSR count). The van der Waals surface area contributed by atoms with Crippen molar-refractivity contribution < 1.29 is 19.0 Å². The molecule has 0 spiro atoms. The van der Waals surface area contributed by atoms with E-state index in [0.29, 0.717) is 22.4 Å². The van der Waals surface area contributed by atoms with Gasteiger partial charge in [-0.15, -0.1) is 0 Å². The average molecular weight is 378 g/mol. The fourth-order valence-electron chi connectivity index (χ4n) is 2.51. The van der Waals surface area contributed by atoms with Crippen LogP contribution in [-0.4, -0.2) is 26.7 Å². The number of amides is 1. The first-order valence-corrected chi connectivity index (χ1v) is 8.72. The Labute approximate surface area is 159 Å². The van der Waals surface area contributed by atoms with E-state index in [2.05, 4.69) is 19.2 Å². The van der Waals surface area contributed by atoms with E-state index in [9.17, 15) is 4.79 Å². The minimum Gasteiger partial charge on any atom is -0.493 e. The van der Waals surface area contributed by atoms with Gasteiger partial charge in [0.2, 0.25) is 0 Å². The first kappa shape index (κ1) is 19.9. The van der Waals surface area contributed by atoms with Crippen molar-refractivity contribution in [2.24, 2.45) is 0 Å². The van der Waals surface area contributed by atoms with Gasteiger partial charge in [-0.2, -0.15) is 0 Å². The number of benzene rings is 2. The van der Waals surface area contributed by atoms with Crippen molar-refractivity contribution in [3.05, 3.63) is 52.5 Å². The van der Waals surface area contributed by atoms with Gasteiger partial charge in [-0.3, -0.25) is 4.79 Å². The SMILES string of the molecule is COc1cc(Cl)c(CNC(=O)COc2ccccc2C(C)C)cc1OC. The molecule has 140 valence electrons. The molecule has 2 aromatic carbocycles. The number of carbonyl (C=O) groups is 1. The Balaban J connectivity index is 1.96. The predicted octanol–water partition coefficient (Wildman–Crippen LogP) is 4.18. The molecule has 0 fully saturated rings. The summed E-state index contributed by atoms with van der Waals surface area (Å²) in [5.74, 6) is 1.92. The number of para-hydroxylation sites is 1. The van der Waals surface area contributed by atoms with E-state index in [1.165, 1.54) is 0 Å². The molecule has 2 aromatic rings. The molecular formula is C20H24ClNO4. The average Bonchev–Trinajstić information content (AvgIpc) is 2.65. The summed E-state index contributed by atoms with van der Waals surface area (Å²) in [4.78, 5) is 12.1. The summed E-state index contributed by atoms with van der Waals surface area (Å²) in [6.07, 6.45) is 0. The number of halogens is 1. The molecule has 0 aliphatic rings. The van der Waals surface area contributed by atoms with Crippen LogP contribution in [0.3, 0.4) is 0 Å². The van der Waals surface area contributed by atoms with E-state index in [-0.39, 0.29) is 19.1 Å². The van der Waals surface area contributed by atoms with Crippen LogP contribution in [0.1, 0.15) is 30.9 Å². The summed E-state index contributed by atoms with van der Waals surface area (Å²) in [7, 11) is 3.09. The molecule has 0 aromatic heterocycles. The highest BCUT2D eigenvalue weighted by atomic mass is 35.5. The zero-order valence-electron chi connectivity index (χ0n) is 15.5. The zero-order chi connectivity index (χ0) is 19.1. The Morgan fingerprint density at radius 1 is 1.08 bits per heavy atom. The van der Waals surface area contributed by atoms with Gasteiger partial charge in [-0.25, -0.2) is 0 Å². The van der Waals surface area contributed by atoms with Crippen LogP contribution in [0.2, 0.25) is 5.02 Å². The van der Waals surface area contributed by atoms with Crippen LogP contribution in [0.25, 0.3) is 0 Å². The molecule has 0 heterocycles. The van der Waals surface area contributed by atoms with Crippen molar-refractivity contribution in [3.63, 3.8) is 0 Å². The molecule has 0 unspecified atom stereocenters. The van der Waals surface area contributed by atoms with E-state index < -0.39 is 0 Å². The number of rotatable bonds is 8. The number of ether oxygens (including phenoxy) is 3. The Morgan fingerprint density at radius 2 is 1.73 bits per heavy atom. The molecule has 0 aliphatic heterocycles. The summed E-state index contributed by atoms with van der Waals surface area (Å²) >= 11 is 6.23. The quantitative estimate of drug-likeness (QED) is 0.749. The van der Waals surface area contributed by atoms with Crippen molar-refractivity contribution in [1.82, 2.24) is 5.32 Å². The van der Waals surface area contributed by atoms with E-state index in [4.69, 9.17) is 25.8 Å². The largest absolute Gasteiger partial charge is 0.493 e. The topological polar surface area (TPSA) is 56.8 Å². The predicted molar refractivity (Wildman–Crippen MR) is 102 cm³/mol. The van der Waals surface area contributed by atoms with Crippen LogP contribution in [0.5, 0.6) is 17.2 Å². The zero-order valence-corrected chi connectivity index (χ0v) is 16.2. The molecular weight excluding hydrogens is 354 g/mol. The third-order valence-corrected chi connectivity index (χ3v) is 4.28. The van der Waals surface area contributed by atoms with E-state index >= 15 is 0 Å². The Morgan fingerprint density at radius 3 is 2.38 bits per heavy atom. The van der Waals surface area contributed by atoms with Crippen LogP contribution in [0.15, 0.2) is 36.4 Å². The van der Waals surface area contributed by atoms with Gasteiger partial charge >= 0.3 is 0 Å². The maximum atomic E-state index is 12.1. The minimum absolute atomic E-state index is 0.0609. The van der Waals surface area contributed by atoms with Gasteiger partial charge in [-0.1, -0.05) is 43.6 Å². The normalized spacial score (nSPS) is 10.5. The number of nitrogens with one attached hydrogen (secondary N) is 1. The molecule has 0 saturated heterocycles. The summed E-state index contributed by atoms with van der Waals surface area (Å²) in [6.45, 7) is 4.38. The lowest BCUT2D eigenvalue weighted by Crippen LogP contribution is -2.28. The van der Waals surface area contributed by atoms with Gasteiger partial charge in [0, 0.05) is 17.6 Å². The lowest BCUT2D eigenvalue weighted by Gasteiger charge is -2.14. The van der Waals surface area contributed by atoms with Crippen LogP contribution < -0.4 is 19.5 Å². The molecule has 0 radical (unpaired) electrons. The second-order valence-electron chi connectivity index (χ2n) is 6.06. The summed E-state index contributed by atoms with van der Waals surface area (Å²) < 4.78 is 16.1. The lowest BCUT2D eigenvalue weighted by molar-refractivity contribution is -0.123. The summed E-state index contributed by atoms with van der Waals surface area (Å²) in [6, 6.07) is 11.1. The Bertz CT molecular complexity index is 761. The lowest BCUT2D eigenvalue weighted by atomic mass is 10.0. The number of hydrogen-bond donors (Lipinski definition) is 1. The highest BCUT2D eigenvalue weighted by molar-refractivity contribution is 6.31. The molecule has 5 nitrogen and oxygen atoms in total. The first-order chi connectivity index (χ1) is 12.5. The van der Waals surface area contributed by atoms with Gasteiger partial charge in [0.05, 0.1) is 14.2 Å². The monoisotopic (exact) mass is 377 g/mol. The molecule has 1 N–H and O–H groups in total.